The van der Waals surface area contributed by atoms with E-state index < -0.39 is 5.82 Å². The van der Waals surface area contributed by atoms with Crippen LogP contribution in [0.15, 0.2) is 59.7 Å². The molecule has 0 N–H and O–H groups in total. The van der Waals surface area contributed by atoms with Crippen molar-refractivity contribution in [3.63, 3.8) is 0 Å². The molecule has 0 spiro atoms. The molecule has 6 nitrogen and oxygen atoms in total. The molecule has 0 unspecified atom stereocenters. The number of benzene rings is 1. The van der Waals surface area contributed by atoms with Crippen molar-refractivity contribution in [3.8, 4) is 5.75 Å². The van der Waals surface area contributed by atoms with Crippen LogP contribution < -0.4 is 10.3 Å². The first-order valence-corrected chi connectivity index (χ1v) is 10.3. The Kier molecular flexibility index (Phi) is 6.49. The highest BCUT2D eigenvalue weighted by molar-refractivity contribution is 5.23. The molecule has 1 aromatic carbocycles. The van der Waals surface area contributed by atoms with Crippen LogP contribution in [0.1, 0.15) is 29.7 Å². The molecule has 1 fully saturated rings. The zero-order valence-electron chi connectivity index (χ0n) is 16.8. The molecule has 1 aliphatic heterocycles. The van der Waals surface area contributed by atoms with Crippen LogP contribution in [0.2, 0.25) is 0 Å². The minimum Gasteiger partial charge on any atom is -0.485 e. The number of hydrogen-bond donors (Lipinski definition) is 0. The maximum atomic E-state index is 12.9. The number of hydrogen-bond acceptors (Lipinski definition) is 5. The van der Waals surface area contributed by atoms with Crippen molar-refractivity contribution in [1.82, 2.24) is 19.7 Å². The molecule has 30 heavy (non-hydrogen) atoms. The fourth-order valence-electron chi connectivity index (χ4n) is 3.56. The summed E-state index contributed by atoms with van der Waals surface area (Å²) >= 11 is 0. The Morgan fingerprint density at radius 2 is 1.77 bits per heavy atom. The molecule has 0 aliphatic carbocycles. The van der Waals surface area contributed by atoms with Gasteiger partial charge in [-0.15, -0.1) is 0 Å². The number of aromatic nitrogens is 3. The lowest BCUT2D eigenvalue weighted by molar-refractivity contribution is 0.297. The van der Waals surface area contributed by atoms with Crippen molar-refractivity contribution >= 4 is 0 Å². The summed E-state index contributed by atoms with van der Waals surface area (Å²) in [5.41, 5.74) is 2.86. The molecular formula is C23H25FN4O2. The fraction of sp³-hybridized carbons (Fsp3) is 0.348. The zero-order chi connectivity index (χ0) is 20.8. The second-order valence-corrected chi connectivity index (χ2v) is 7.56. The summed E-state index contributed by atoms with van der Waals surface area (Å²) in [5.74, 6) is -0.0297. The van der Waals surface area contributed by atoms with Crippen LogP contribution in [-0.2, 0) is 26.1 Å². The van der Waals surface area contributed by atoms with Crippen molar-refractivity contribution in [3.05, 3.63) is 87.9 Å². The Balaban J connectivity index is 1.29. The van der Waals surface area contributed by atoms with Gasteiger partial charge in [-0.05, 0) is 55.6 Å². The van der Waals surface area contributed by atoms with E-state index in [1.165, 1.54) is 60.1 Å². The standard InChI is InChI=1S/C23H25FN4O2/c24-20-7-8-21(25-14-20)17-30-22-13-23(29)28(26-15-22)12-9-18-3-5-19(6-4-18)16-27-10-1-2-11-27/h3-8,13-15H,1-2,9-12,16-17H2. The number of nitrogens with zero attached hydrogens (tertiary/aromatic N) is 4. The van der Waals surface area contributed by atoms with Gasteiger partial charge in [0.05, 0.1) is 18.1 Å². The maximum Gasteiger partial charge on any atom is 0.270 e. The van der Waals surface area contributed by atoms with E-state index in [4.69, 9.17) is 4.74 Å². The van der Waals surface area contributed by atoms with Crippen LogP contribution in [0.25, 0.3) is 0 Å². The SMILES string of the molecule is O=c1cc(OCc2ccc(F)cn2)cnn1CCc1ccc(CN2CCCC2)cc1. The second-order valence-electron chi connectivity index (χ2n) is 7.56. The van der Waals surface area contributed by atoms with Gasteiger partial charge in [-0.3, -0.25) is 14.7 Å². The molecule has 7 heteroatoms. The van der Waals surface area contributed by atoms with Crippen LogP contribution in [0, 0.1) is 5.82 Å². The third kappa shape index (κ3) is 5.51. The van der Waals surface area contributed by atoms with Gasteiger partial charge in [-0.2, -0.15) is 5.10 Å². The van der Waals surface area contributed by atoms with Crippen molar-refractivity contribution in [1.29, 1.82) is 0 Å². The molecule has 2 aromatic heterocycles. The van der Waals surface area contributed by atoms with Gasteiger partial charge in [0.25, 0.3) is 5.56 Å². The first kappa shape index (κ1) is 20.2. The Labute approximate surface area is 174 Å². The summed E-state index contributed by atoms with van der Waals surface area (Å²) in [6.07, 6.45) is 5.98. The van der Waals surface area contributed by atoms with E-state index in [2.05, 4.69) is 39.2 Å². The summed E-state index contributed by atoms with van der Waals surface area (Å²) in [7, 11) is 0. The van der Waals surface area contributed by atoms with Crippen LogP contribution >= 0.6 is 0 Å². The monoisotopic (exact) mass is 408 g/mol. The van der Waals surface area contributed by atoms with Crippen LogP contribution in [0.3, 0.4) is 0 Å². The van der Waals surface area contributed by atoms with E-state index in [-0.39, 0.29) is 12.2 Å². The lowest BCUT2D eigenvalue weighted by Crippen LogP contribution is -2.23. The smallest absolute Gasteiger partial charge is 0.270 e. The van der Waals surface area contributed by atoms with Gasteiger partial charge in [-0.1, -0.05) is 24.3 Å². The van der Waals surface area contributed by atoms with E-state index in [1.807, 2.05) is 0 Å². The number of aryl methyl sites for hydroxylation is 2. The van der Waals surface area contributed by atoms with Crippen LogP contribution in [0.5, 0.6) is 5.75 Å². The van der Waals surface area contributed by atoms with Gasteiger partial charge < -0.3 is 4.74 Å². The molecule has 156 valence electrons. The Morgan fingerprint density at radius 3 is 2.47 bits per heavy atom. The molecule has 0 amide bonds. The number of pyridine rings is 1. The average Bonchev–Trinajstić information content (AvgIpc) is 3.27. The normalized spacial score (nSPS) is 14.2. The molecular weight excluding hydrogens is 383 g/mol. The first-order chi connectivity index (χ1) is 14.7. The van der Waals surface area contributed by atoms with Crippen molar-refractivity contribution in [2.75, 3.05) is 13.1 Å². The summed E-state index contributed by atoms with van der Waals surface area (Å²) < 4.78 is 19.9. The molecule has 0 saturated carbocycles. The fourth-order valence-corrected chi connectivity index (χ4v) is 3.56. The van der Waals surface area contributed by atoms with E-state index in [0.717, 1.165) is 19.2 Å². The molecule has 0 radical (unpaired) electrons. The Hall–Kier alpha value is -3.06. The first-order valence-electron chi connectivity index (χ1n) is 10.3. The molecule has 0 bridgehead atoms. The van der Waals surface area contributed by atoms with Gasteiger partial charge in [0, 0.05) is 19.2 Å². The van der Waals surface area contributed by atoms with Crippen molar-refractivity contribution in [2.45, 2.75) is 39.0 Å². The molecule has 0 atom stereocenters. The van der Waals surface area contributed by atoms with Gasteiger partial charge in [-0.25, -0.2) is 9.07 Å². The lowest BCUT2D eigenvalue weighted by Gasteiger charge is -2.14. The quantitative estimate of drug-likeness (QED) is 0.573. The molecule has 4 rings (SSSR count). The van der Waals surface area contributed by atoms with Gasteiger partial charge in [0.2, 0.25) is 0 Å². The third-order valence-electron chi connectivity index (χ3n) is 5.26. The number of likely N-dealkylation sites (tertiary alicyclic amines) is 1. The summed E-state index contributed by atoms with van der Waals surface area (Å²) in [4.78, 5) is 18.7. The highest BCUT2D eigenvalue weighted by Crippen LogP contribution is 2.14. The third-order valence-corrected chi connectivity index (χ3v) is 5.26. The number of ether oxygens (including phenoxy) is 1. The van der Waals surface area contributed by atoms with E-state index in [9.17, 15) is 9.18 Å². The maximum absolute atomic E-state index is 12.9. The summed E-state index contributed by atoms with van der Waals surface area (Å²) in [6.45, 7) is 4.04. The van der Waals surface area contributed by atoms with Crippen LogP contribution in [0.4, 0.5) is 4.39 Å². The van der Waals surface area contributed by atoms with E-state index in [0.29, 0.717) is 18.0 Å². The van der Waals surface area contributed by atoms with E-state index in [1.54, 1.807) is 6.07 Å². The summed E-state index contributed by atoms with van der Waals surface area (Å²) in [5, 5.41) is 4.20. The molecule has 3 heterocycles. The average molecular weight is 408 g/mol. The minimum absolute atomic E-state index is 0.148. The van der Waals surface area contributed by atoms with Crippen LogP contribution in [-0.4, -0.2) is 32.8 Å². The number of rotatable bonds is 8. The van der Waals surface area contributed by atoms with E-state index >= 15 is 0 Å². The highest BCUT2D eigenvalue weighted by atomic mass is 19.1. The predicted molar refractivity (Wildman–Crippen MR) is 112 cm³/mol. The Bertz CT molecular complexity index is 1010. The molecule has 1 aliphatic rings. The largest absolute Gasteiger partial charge is 0.485 e. The Morgan fingerprint density at radius 1 is 1.00 bits per heavy atom. The molecule has 3 aromatic rings. The van der Waals surface area contributed by atoms with Gasteiger partial charge in [0.15, 0.2) is 0 Å². The van der Waals surface area contributed by atoms with Crippen molar-refractivity contribution < 1.29 is 9.13 Å². The lowest BCUT2D eigenvalue weighted by atomic mass is 10.1. The van der Waals surface area contributed by atoms with Gasteiger partial charge >= 0.3 is 0 Å². The zero-order valence-corrected chi connectivity index (χ0v) is 16.8. The predicted octanol–water partition coefficient (Wildman–Crippen LogP) is 3.19. The number of halogens is 1. The minimum atomic E-state index is -0.399. The highest BCUT2D eigenvalue weighted by Gasteiger charge is 2.11. The summed E-state index contributed by atoms with van der Waals surface area (Å²) in [6, 6.07) is 12.9. The van der Waals surface area contributed by atoms with Gasteiger partial charge in [0.1, 0.15) is 18.2 Å². The molecule has 1 saturated heterocycles. The van der Waals surface area contributed by atoms with Crippen molar-refractivity contribution in [2.24, 2.45) is 0 Å². The second kappa shape index (κ2) is 9.63. The topological polar surface area (TPSA) is 60.2 Å².